The molecule has 5 heterocycles. The Morgan fingerprint density at radius 1 is 1.25 bits per heavy atom. The summed E-state index contributed by atoms with van der Waals surface area (Å²) in [5.41, 5.74) is 2.85. The first-order valence-corrected chi connectivity index (χ1v) is 13.3. The van der Waals surface area contributed by atoms with E-state index in [2.05, 4.69) is 21.4 Å². The van der Waals surface area contributed by atoms with Gasteiger partial charge in [0.2, 0.25) is 0 Å². The summed E-state index contributed by atoms with van der Waals surface area (Å²) in [6.45, 7) is 2.25. The van der Waals surface area contributed by atoms with Gasteiger partial charge >= 0.3 is 6.03 Å². The number of anilines is 2. The minimum Gasteiger partial charge on any atom is -0.379 e. The SMILES string of the molecule is CO[C@H]1CCN(Cc2cc3c(nc2C=O)N(C(=O)Nc2cc(C[C@@H]4COC[C@H]4OC)c(C#N)cn2)CCC3)C1=O. The number of likely N-dealkylation sites (tertiary alicyclic amines) is 1. The Balaban J connectivity index is 1.34. The maximum absolute atomic E-state index is 13.4. The molecule has 0 bridgehead atoms. The fourth-order valence-corrected chi connectivity index (χ4v) is 5.60. The van der Waals surface area contributed by atoms with E-state index in [-0.39, 0.29) is 30.2 Å². The highest BCUT2D eigenvalue weighted by atomic mass is 16.5. The molecule has 3 aliphatic heterocycles. The van der Waals surface area contributed by atoms with Crippen LogP contribution in [0.25, 0.3) is 0 Å². The number of amides is 3. The van der Waals surface area contributed by atoms with Crippen molar-refractivity contribution in [2.45, 2.75) is 44.4 Å². The number of urea groups is 1. The van der Waals surface area contributed by atoms with Crippen molar-refractivity contribution in [2.75, 3.05) is 50.7 Å². The van der Waals surface area contributed by atoms with Crippen molar-refractivity contribution >= 4 is 29.9 Å². The molecule has 2 saturated heterocycles. The van der Waals surface area contributed by atoms with Crippen molar-refractivity contribution in [3.8, 4) is 6.07 Å². The van der Waals surface area contributed by atoms with Crippen LogP contribution in [-0.4, -0.2) is 85.8 Å². The third-order valence-electron chi connectivity index (χ3n) is 7.80. The van der Waals surface area contributed by atoms with Gasteiger partial charge in [-0.2, -0.15) is 5.26 Å². The van der Waals surface area contributed by atoms with Crippen LogP contribution in [0.5, 0.6) is 0 Å². The molecule has 3 atom stereocenters. The summed E-state index contributed by atoms with van der Waals surface area (Å²) in [7, 11) is 3.15. The van der Waals surface area contributed by atoms with Crippen LogP contribution in [0.4, 0.5) is 16.4 Å². The molecule has 1 N–H and O–H groups in total. The molecule has 0 saturated carbocycles. The zero-order valence-corrected chi connectivity index (χ0v) is 22.6. The molecule has 40 heavy (non-hydrogen) atoms. The number of ether oxygens (including phenoxy) is 3. The Morgan fingerprint density at radius 2 is 2.10 bits per heavy atom. The van der Waals surface area contributed by atoms with Gasteiger partial charge in [0.25, 0.3) is 5.91 Å². The van der Waals surface area contributed by atoms with E-state index >= 15 is 0 Å². The number of rotatable bonds is 8. The summed E-state index contributed by atoms with van der Waals surface area (Å²) in [6, 6.07) is 5.31. The molecule has 0 spiro atoms. The Bertz CT molecular complexity index is 1340. The van der Waals surface area contributed by atoms with Gasteiger partial charge in [-0.15, -0.1) is 0 Å². The number of hydrogen-bond donors (Lipinski definition) is 1. The number of aromatic nitrogens is 2. The van der Waals surface area contributed by atoms with Gasteiger partial charge in [0.15, 0.2) is 6.29 Å². The number of aldehydes is 1. The van der Waals surface area contributed by atoms with Crippen LogP contribution >= 0.6 is 0 Å². The number of nitrogens with zero attached hydrogens (tertiary/aromatic N) is 5. The maximum Gasteiger partial charge on any atom is 0.328 e. The van der Waals surface area contributed by atoms with E-state index < -0.39 is 12.1 Å². The van der Waals surface area contributed by atoms with Gasteiger partial charge in [-0.1, -0.05) is 0 Å². The number of nitrogens with one attached hydrogen (secondary N) is 1. The second kappa shape index (κ2) is 12.1. The fourth-order valence-electron chi connectivity index (χ4n) is 5.60. The van der Waals surface area contributed by atoms with E-state index in [0.717, 1.165) is 11.1 Å². The summed E-state index contributed by atoms with van der Waals surface area (Å²) in [5.74, 6) is 0.711. The number of nitriles is 1. The molecule has 0 unspecified atom stereocenters. The Kier molecular flexibility index (Phi) is 8.35. The van der Waals surface area contributed by atoms with Gasteiger partial charge in [-0.25, -0.2) is 14.8 Å². The van der Waals surface area contributed by atoms with Gasteiger partial charge in [0, 0.05) is 58.0 Å². The summed E-state index contributed by atoms with van der Waals surface area (Å²) < 4.78 is 16.3. The van der Waals surface area contributed by atoms with Crippen molar-refractivity contribution in [3.63, 3.8) is 0 Å². The molecule has 210 valence electrons. The van der Waals surface area contributed by atoms with E-state index in [1.165, 1.54) is 18.2 Å². The highest BCUT2D eigenvalue weighted by Gasteiger charge is 2.33. The Labute approximate surface area is 232 Å². The first-order chi connectivity index (χ1) is 19.4. The van der Waals surface area contributed by atoms with Gasteiger partial charge in [-0.05, 0) is 42.5 Å². The monoisotopic (exact) mass is 548 g/mol. The third kappa shape index (κ3) is 5.54. The van der Waals surface area contributed by atoms with Gasteiger partial charge < -0.3 is 19.1 Å². The van der Waals surface area contributed by atoms with E-state index in [0.29, 0.717) is 81.0 Å². The topological polar surface area (TPSA) is 147 Å². The maximum atomic E-state index is 13.4. The molecular weight excluding hydrogens is 516 g/mol. The minimum atomic E-state index is -0.464. The second-order valence-corrected chi connectivity index (χ2v) is 10.2. The average molecular weight is 549 g/mol. The Morgan fingerprint density at radius 3 is 2.83 bits per heavy atom. The second-order valence-electron chi connectivity index (χ2n) is 10.2. The molecular formula is C28H32N6O6. The zero-order chi connectivity index (χ0) is 28.2. The number of fused-ring (bicyclic) bond motifs is 1. The van der Waals surface area contributed by atoms with Gasteiger partial charge in [0.05, 0.1) is 24.9 Å². The molecule has 5 rings (SSSR count). The predicted octanol–water partition coefficient (Wildman–Crippen LogP) is 2.10. The largest absolute Gasteiger partial charge is 0.379 e. The molecule has 2 aromatic rings. The van der Waals surface area contributed by atoms with Gasteiger partial charge in [-0.3, -0.25) is 19.8 Å². The van der Waals surface area contributed by atoms with E-state index in [1.807, 2.05) is 6.07 Å². The molecule has 0 aliphatic carbocycles. The van der Waals surface area contributed by atoms with Crippen LogP contribution in [0.15, 0.2) is 18.3 Å². The first kappa shape index (κ1) is 27.6. The first-order valence-electron chi connectivity index (χ1n) is 13.3. The van der Waals surface area contributed by atoms with Crippen molar-refractivity contribution in [1.29, 1.82) is 5.26 Å². The molecule has 2 fully saturated rings. The fraction of sp³-hybridized carbons (Fsp3) is 0.500. The highest BCUT2D eigenvalue weighted by molar-refractivity contribution is 6.01. The van der Waals surface area contributed by atoms with Gasteiger partial charge in [0.1, 0.15) is 29.5 Å². The molecule has 0 radical (unpaired) electrons. The van der Waals surface area contributed by atoms with Crippen LogP contribution in [0.3, 0.4) is 0 Å². The van der Waals surface area contributed by atoms with Crippen molar-refractivity contribution in [3.05, 3.63) is 46.3 Å². The van der Waals surface area contributed by atoms with Crippen LogP contribution < -0.4 is 10.2 Å². The molecule has 3 amide bonds. The lowest BCUT2D eigenvalue weighted by molar-refractivity contribution is -0.136. The number of methoxy groups -OCH3 is 2. The van der Waals surface area contributed by atoms with Crippen molar-refractivity contribution in [2.24, 2.45) is 5.92 Å². The molecule has 12 nitrogen and oxygen atoms in total. The normalized spacial score (nSPS) is 22.2. The quantitative estimate of drug-likeness (QED) is 0.490. The predicted molar refractivity (Wildman–Crippen MR) is 143 cm³/mol. The summed E-state index contributed by atoms with van der Waals surface area (Å²) >= 11 is 0. The van der Waals surface area contributed by atoms with Crippen LogP contribution in [-0.2, 0) is 38.4 Å². The summed E-state index contributed by atoms with van der Waals surface area (Å²) in [4.78, 5) is 49.9. The lowest BCUT2D eigenvalue weighted by atomic mass is 9.94. The van der Waals surface area contributed by atoms with Crippen LogP contribution in [0.1, 0.15) is 45.6 Å². The van der Waals surface area contributed by atoms with E-state index in [1.54, 1.807) is 18.1 Å². The lowest BCUT2D eigenvalue weighted by Crippen LogP contribution is -2.40. The highest BCUT2D eigenvalue weighted by Crippen LogP contribution is 2.30. The summed E-state index contributed by atoms with van der Waals surface area (Å²) in [5, 5.41) is 12.4. The average Bonchev–Trinajstić information content (AvgIpc) is 3.57. The number of hydrogen-bond acceptors (Lipinski definition) is 9. The van der Waals surface area contributed by atoms with E-state index in [9.17, 15) is 19.6 Å². The number of carbonyl (C=O) groups is 3. The standard InChI is InChI=1S/C28H32N6O6/c1-38-23-5-7-33(27(23)36)13-19-8-17-4-3-6-34(26(17)31-22(19)14-35)28(37)32-25-10-18(21(11-29)12-30-25)9-20-15-40-16-24(20)39-2/h8,10,12,14,20,23-24H,3-7,9,13,15-16H2,1-2H3,(H,30,32,37)/t20-,23+,24-/m1/s1. The van der Waals surface area contributed by atoms with Crippen molar-refractivity contribution < 1.29 is 28.6 Å². The Hall–Kier alpha value is -3.92. The lowest BCUT2D eigenvalue weighted by Gasteiger charge is -2.29. The smallest absolute Gasteiger partial charge is 0.328 e. The number of aryl methyl sites for hydroxylation is 1. The third-order valence-corrected chi connectivity index (χ3v) is 7.80. The van der Waals surface area contributed by atoms with Crippen LogP contribution in [0, 0.1) is 17.2 Å². The van der Waals surface area contributed by atoms with Crippen LogP contribution in [0.2, 0.25) is 0 Å². The summed E-state index contributed by atoms with van der Waals surface area (Å²) in [6.07, 6.45) is 4.14. The zero-order valence-electron chi connectivity index (χ0n) is 22.6. The molecule has 2 aromatic heterocycles. The van der Waals surface area contributed by atoms with E-state index in [4.69, 9.17) is 14.2 Å². The molecule has 3 aliphatic rings. The number of carbonyl (C=O) groups excluding carboxylic acids is 3. The number of pyridine rings is 2. The van der Waals surface area contributed by atoms with Crippen molar-refractivity contribution in [1.82, 2.24) is 14.9 Å². The molecule has 12 heteroatoms. The minimum absolute atomic E-state index is 0.0597. The molecule has 0 aromatic carbocycles.